The van der Waals surface area contributed by atoms with Gasteiger partial charge in [-0.15, -0.1) is 0 Å². The number of ether oxygens (including phenoxy) is 2. The van der Waals surface area contributed by atoms with E-state index in [1.54, 1.807) is 7.11 Å². The average molecular weight is 467 g/mol. The van der Waals surface area contributed by atoms with Crippen molar-refractivity contribution in [2.75, 3.05) is 13.9 Å². The SMILES string of the molecule is [CH-]=C1CCC[C@]2(C)[C@@H]([C@H](C)CCCC(C)(C)OCOC)CC[C@@H]12.[Zn+][Br]. The molecule has 0 heterocycles. The van der Waals surface area contributed by atoms with E-state index in [0.29, 0.717) is 18.1 Å². The fourth-order valence-electron chi connectivity index (χ4n) is 5.36. The summed E-state index contributed by atoms with van der Waals surface area (Å²) in [7, 11) is 1.68. The second kappa shape index (κ2) is 10.9. The number of methoxy groups -OCH3 is 1. The second-order valence-electron chi connectivity index (χ2n) is 8.85. The Kier molecular flexibility index (Phi) is 10.4. The Hall–Kier alpha value is 0.763. The van der Waals surface area contributed by atoms with Gasteiger partial charge in [0.05, 0.1) is 5.60 Å². The Labute approximate surface area is 172 Å². The van der Waals surface area contributed by atoms with E-state index in [9.17, 15) is 0 Å². The molecule has 0 N–H and O–H groups in total. The van der Waals surface area contributed by atoms with E-state index < -0.39 is 0 Å². The molecule has 2 aliphatic carbocycles. The van der Waals surface area contributed by atoms with Crippen molar-refractivity contribution in [2.24, 2.45) is 23.2 Å². The molecule has 25 heavy (non-hydrogen) atoms. The zero-order valence-electron chi connectivity index (χ0n) is 17.1. The Morgan fingerprint density at radius 1 is 1.36 bits per heavy atom. The van der Waals surface area contributed by atoms with Crippen LogP contribution in [0.3, 0.4) is 0 Å². The van der Waals surface area contributed by atoms with Gasteiger partial charge in [-0.1, -0.05) is 39.5 Å². The molecule has 0 bridgehead atoms. The van der Waals surface area contributed by atoms with E-state index in [2.05, 4.69) is 41.3 Å². The van der Waals surface area contributed by atoms with Crippen molar-refractivity contribution in [1.82, 2.24) is 0 Å². The van der Waals surface area contributed by atoms with Crippen LogP contribution < -0.4 is 0 Å². The summed E-state index contributed by atoms with van der Waals surface area (Å²) in [5.74, 6) is 2.31. The zero-order valence-corrected chi connectivity index (χ0v) is 21.6. The number of rotatable bonds is 8. The van der Waals surface area contributed by atoms with Crippen molar-refractivity contribution in [3.63, 3.8) is 0 Å². The zero-order chi connectivity index (χ0) is 19.1. The molecule has 0 unspecified atom stereocenters. The van der Waals surface area contributed by atoms with Crippen LogP contribution in [0.5, 0.6) is 0 Å². The first kappa shape index (κ1) is 23.8. The van der Waals surface area contributed by atoms with Crippen LogP contribution in [0.25, 0.3) is 0 Å². The van der Waals surface area contributed by atoms with Crippen molar-refractivity contribution < 1.29 is 25.8 Å². The molecule has 142 valence electrons. The van der Waals surface area contributed by atoms with Crippen LogP contribution in [0.4, 0.5) is 0 Å². The van der Waals surface area contributed by atoms with Gasteiger partial charge < -0.3 is 16.1 Å². The number of hydrogen-bond donors (Lipinski definition) is 0. The third kappa shape index (κ3) is 6.40. The molecule has 4 atom stereocenters. The molecular formula is C21H37BrO2Zn. The van der Waals surface area contributed by atoms with Crippen LogP contribution in [0.1, 0.15) is 79.1 Å². The average Bonchev–Trinajstić information content (AvgIpc) is 2.93. The minimum atomic E-state index is -0.0825. The maximum absolute atomic E-state index is 6.36. The molecule has 2 fully saturated rings. The number of allylic oxidation sites excluding steroid dienone is 1. The van der Waals surface area contributed by atoms with Gasteiger partial charge in [-0.25, -0.2) is 0 Å². The van der Waals surface area contributed by atoms with Gasteiger partial charge in [-0.3, -0.25) is 5.57 Å². The number of halogens is 1. The Morgan fingerprint density at radius 2 is 2.04 bits per heavy atom. The third-order valence-electron chi connectivity index (χ3n) is 6.73. The molecule has 0 aromatic heterocycles. The quantitative estimate of drug-likeness (QED) is 0.228. The summed E-state index contributed by atoms with van der Waals surface area (Å²) in [5.41, 5.74) is 1.67. The molecule has 0 aromatic rings. The van der Waals surface area contributed by atoms with Crippen LogP contribution in [-0.2, 0) is 25.8 Å². The van der Waals surface area contributed by atoms with Crippen molar-refractivity contribution >= 4 is 13.6 Å². The summed E-state index contributed by atoms with van der Waals surface area (Å²) < 4.78 is 10.8. The summed E-state index contributed by atoms with van der Waals surface area (Å²) in [6, 6.07) is 0. The molecule has 2 nitrogen and oxygen atoms in total. The Morgan fingerprint density at radius 3 is 2.68 bits per heavy atom. The first-order valence-electron chi connectivity index (χ1n) is 9.81. The van der Waals surface area contributed by atoms with Gasteiger partial charge in [0.25, 0.3) is 0 Å². The normalized spacial score (nSPS) is 30.5. The van der Waals surface area contributed by atoms with Crippen LogP contribution in [0.2, 0.25) is 0 Å². The topological polar surface area (TPSA) is 18.5 Å². The molecule has 4 heteroatoms. The summed E-state index contributed by atoms with van der Waals surface area (Å²) in [6.45, 7) is 16.1. The summed E-state index contributed by atoms with van der Waals surface area (Å²) in [5, 5.41) is 0. The van der Waals surface area contributed by atoms with Gasteiger partial charge in [0.2, 0.25) is 0 Å². The van der Waals surface area contributed by atoms with E-state index in [-0.39, 0.29) is 5.60 Å². The van der Waals surface area contributed by atoms with Gasteiger partial charge in [0.1, 0.15) is 6.79 Å². The Bertz CT molecular complexity index is 413. The predicted octanol–water partition coefficient (Wildman–Crippen LogP) is 6.61. The molecule has 0 amide bonds. The monoisotopic (exact) mass is 464 g/mol. The fraction of sp³-hybridized carbons (Fsp3) is 0.905. The molecular weight excluding hydrogens is 430 g/mol. The molecule has 0 aromatic carbocycles. The Balaban J connectivity index is 0.00000151. The number of fused-ring (bicyclic) bond motifs is 1. The fourth-order valence-corrected chi connectivity index (χ4v) is 5.36. The van der Waals surface area contributed by atoms with Crippen molar-refractivity contribution in [2.45, 2.75) is 84.7 Å². The third-order valence-corrected chi connectivity index (χ3v) is 6.73. The molecule has 0 aliphatic heterocycles. The molecule has 0 spiro atoms. The summed E-state index contributed by atoms with van der Waals surface area (Å²) in [4.78, 5) is 0. The van der Waals surface area contributed by atoms with Gasteiger partial charge in [-0.05, 0) is 62.7 Å². The molecule has 0 radical (unpaired) electrons. The van der Waals surface area contributed by atoms with E-state index in [0.717, 1.165) is 24.7 Å². The van der Waals surface area contributed by atoms with Gasteiger partial charge in [0, 0.05) is 7.11 Å². The minimum absolute atomic E-state index is 0.0825. The standard InChI is InChI=1S/C21H37O2.BrH.Zn/c1-16(9-7-13-20(3,4)23-15-22-6)18-11-12-19-17(2)10-8-14-21(18,19)5;;/h2,16,18-19H,7-15H2,1,3-6H3;1H;/q-1;;+2/p-1/t16-,18-,19+,21-;;/m1../s1. The van der Waals surface area contributed by atoms with Crippen LogP contribution in [0, 0.1) is 29.7 Å². The summed E-state index contributed by atoms with van der Waals surface area (Å²) >= 11 is 4.25. The maximum atomic E-state index is 6.36. The van der Waals surface area contributed by atoms with Crippen LogP contribution in [0.15, 0.2) is 5.57 Å². The van der Waals surface area contributed by atoms with Crippen LogP contribution >= 0.6 is 13.6 Å². The van der Waals surface area contributed by atoms with E-state index in [1.807, 2.05) is 0 Å². The predicted molar refractivity (Wildman–Crippen MR) is 105 cm³/mol. The van der Waals surface area contributed by atoms with Crippen LogP contribution in [-0.4, -0.2) is 19.5 Å². The molecule has 2 rings (SSSR count). The summed E-state index contributed by atoms with van der Waals surface area (Å²) in [6.07, 6.45) is 10.1. The van der Waals surface area contributed by atoms with Gasteiger partial charge in [0.15, 0.2) is 0 Å². The molecule has 2 saturated carbocycles. The van der Waals surface area contributed by atoms with Crippen molar-refractivity contribution in [1.29, 1.82) is 0 Å². The second-order valence-corrected chi connectivity index (χ2v) is 8.85. The first-order chi connectivity index (χ1) is 11.8. The van der Waals surface area contributed by atoms with Crippen molar-refractivity contribution in [3.8, 4) is 0 Å². The molecule has 0 saturated heterocycles. The number of hydrogen-bond acceptors (Lipinski definition) is 2. The molecule has 2 aliphatic rings. The van der Waals surface area contributed by atoms with E-state index >= 15 is 0 Å². The van der Waals surface area contributed by atoms with E-state index in [4.69, 9.17) is 16.1 Å². The van der Waals surface area contributed by atoms with Gasteiger partial charge in [-0.2, -0.15) is 0 Å². The van der Waals surface area contributed by atoms with Gasteiger partial charge >= 0.3 is 30.0 Å². The van der Waals surface area contributed by atoms with E-state index in [1.165, 1.54) is 60.4 Å². The van der Waals surface area contributed by atoms with Crippen molar-refractivity contribution in [3.05, 3.63) is 12.2 Å². The first-order valence-corrected chi connectivity index (χ1v) is 16.8.